The molecule has 0 atom stereocenters. The Morgan fingerprint density at radius 2 is 1.90 bits per heavy atom. The summed E-state index contributed by atoms with van der Waals surface area (Å²) in [6.45, 7) is 0.493. The van der Waals surface area contributed by atoms with Crippen LogP contribution in [0.3, 0.4) is 0 Å². The van der Waals surface area contributed by atoms with Crippen LogP contribution in [-0.2, 0) is 6.54 Å². The number of anilines is 1. The molecule has 2 aromatic carbocycles. The molecule has 0 unspecified atom stereocenters. The Morgan fingerprint density at radius 3 is 2.55 bits per heavy atom. The molecule has 6 heteroatoms. The van der Waals surface area contributed by atoms with E-state index in [4.69, 9.17) is 28.3 Å². The van der Waals surface area contributed by atoms with Gasteiger partial charge in [-0.2, -0.15) is 0 Å². The Bertz CT molecular complexity index is 662. The van der Waals surface area contributed by atoms with Gasteiger partial charge in [-0.15, -0.1) is 0 Å². The number of hydrogen-bond donors (Lipinski definition) is 2. The van der Waals surface area contributed by atoms with E-state index in [2.05, 4.69) is 21.2 Å². The van der Waals surface area contributed by atoms with Crippen molar-refractivity contribution in [2.45, 2.75) is 6.54 Å². The second-order valence-electron chi connectivity index (χ2n) is 4.09. The number of nitrogens with one attached hydrogen (secondary N) is 1. The molecular formula is C14H10BrCl2NO2. The lowest BCUT2D eigenvalue weighted by Gasteiger charge is -2.10. The summed E-state index contributed by atoms with van der Waals surface area (Å²) in [7, 11) is 0. The van der Waals surface area contributed by atoms with Crippen molar-refractivity contribution in [3.63, 3.8) is 0 Å². The Balaban J connectivity index is 2.15. The van der Waals surface area contributed by atoms with E-state index in [0.717, 1.165) is 10.0 Å². The normalized spacial score (nSPS) is 10.3. The number of benzene rings is 2. The van der Waals surface area contributed by atoms with Crippen LogP contribution in [0.4, 0.5) is 5.69 Å². The number of hydrogen-bond acceptors (Lipinski definition) is 2. The van der Waals surface area contributed by atoms with Crippen LogP contribution in [0, 0.1) is 0 Å². The first-order chi connectivity index (χ1) is 9.47. The van der Waals surface area contributed by atoms with Gasteiger partial charge in [-0.3, -0.25) is 0 Å². The van der Waals surface area contributed by atoms with Gasteiger partial charge in [-0.05, 0) is 35.9 Å². The molecule has 0 radical (unpaired) electrons. The van der Waals surface area contributed by atoms with E-state index in [1.54, 1.807) is 12.1 Å². The fourth-order valence-corrected chi connectivity index (χ4v) is 2.60. The van der Waals surface area contributed by atoms with Crippen LogP contribution in [0.1, 0.15) is 15.9 Å². The SMILES string of the molecule is O=C(O)c1cc(NCc2ccc(Br)cc2Cl)ccc1Cl. The zero-order valence-electron chi connectivity index (χ0n) is 10.2. The molecule has 2 N–H and O–H groups in total. The number of carboxylic acids is 1. The summed E-state index contributed by atoms with van der Waals surface area (Å²) in [5.74, 6) is -1.06. The predicted molar refractivity (Wildman–Crippen MR) is 84.9 cm³/mol. The summed E-state index contributed by atoms with van der Waals surface area (Å²) < 4.78 is 0.908. The van der Waals surface area contributed by atoms with E-state index in [9.17, 15) is 4.79 Å². The number of halogens is 3. The van der Waals surface area contributed by atoms with E-state index in [-0.39, 0.29) is 10.6 Å². The highest BCUT2D eigenvalue weighted by atomic mass is 79.9. The molecule has 0 heterocycles. The van der Waals surface area contributed by atoms with Gasteiger partial charge in [-0.25, -0.2) is 4.79 Å². The molecule has 104 valence electrons. The molecule has 2 aromatic rings. The Kier molecular flexibility index (Phi) is 4.91. The molecule has 0 fully saturated rings. The fraction of sp³-hybridized carbons (Fsp3) is 0.0714. The molecule has 0 saturated heterocycles. The minimum absolute atomic E-state index is 0.0681. The molecule has 0 spiro atoms. The first kappa shape index (κ1) is 15.2. The van der Waals surface area contributed by atoms with Crippen molar-refractivity contribution in [3.05, 3.63) is 62.0 Å². The second-order valence-corrected chi connectivity index (χ2v) is 5.82. The summed E-state index contributed by atoms with van der Waals surface area (Å²) in [6, 6.07) is 10.4. The summed E-state index contributed by atoms with van der Waals surface area (Å²) >= 11 is 15.3. The smallest absolute Gasteiger partial charge is 0.337 e. The molecular weight excluding hydrogens is 365 g/mol. The van der Waals surface area contributed by atoms with Gasteiger partial charge in [0.15, 0.2) is 0 Å². The highest BCUT2D eigenvalue weighted by molar-refractivity contribution is 9.10. The molecule has 0 aliphatic rings. The van der Waals surface area contributed by atoms with E-state index in [1.807, 2.05) is 18.2 Å². The predicted octanol–water partition coefficient (Wildman–Crippen LogP) is 5.07. The maximum atomic E-state index is 11.0. The molecule has 0 aliphatic carbocycles. The van der Waals surface area contributed by atoms with Crippen LogP contribution in [0.2, 0.25) is 10.0 Å². The second kappa shape index (κ2) is 6.48. The number of carbonyl (C=O) groups is 1. The Labute approximate surface area is 134 Å². The van der Waals surface area contributed by atoms with Crippen molar-refractivity contribution in [1.29, 1.82) is 0 Å². The maximum absolute atomic E-state index is 11.0. The lowest BCUT2D eigenvalue weighted by molar-refractivity contribution is 0.0697. The number of aromatic carboxylic acids is 1. The van der Waals surface area contributed by atoms with E-state index in [1.165, 1.54) is 6.07 Å². The van der Waals surface area contributed by atoms with Gasteiger partial charge < -0.3 is 10.4 Å². The highest BCUT2D eigenvalue weighted by Crippen LogP contribution is 2.24. The Morgan fingerprint density at radius 1 is 1.15 bits per heavy atom. The minimum atomic E-state index is -1.06. The minimum Gasteiger partial charge on any atom is -0.478 e. The number of rotatable bonds is 4. The molecule has 0 amide bonds. The molecule has 0 saturated carbocycles. The third-order valence-electron chi connectivity index (χ3n) is 2.69. The van der Waals surface area contributed by atoms with Crippen molar-refractivity contribution in [2.75, 3.05) is 5.32 Å². The van der Waals surface area contributed by atoms with Gasteiger partial charge >= 0.3 is 5.97 Å². The van der Waals surface area contributed by atoms with Crippen molar-refractivity contribution in [2.24, 2.45) is 0 Å². The largest absolute Gasteiger partial charge is 0.478 e. The van der Waals surface area contributed by atoms with Crippen LogP contribution >= 0.6 is 39.1 Å². The van der Waals surface area contributed by atoms with E-state index < -0.39 is 5.97 Å². The molecule has 3 nitrogen and oxygen atoms in total. The van der Waals surface area contributed by atoms with E-state index in [0.29, 0.717) is 17.3 Å². The monoisotopic (exact) mass is 373 g/mol. The van der Waals surface area contributed by atoms with Crippen molar-refractivity contribution in [3.8, 4) is 0 Å². The van der Waals surface area contributed by atoms with E-state index >= 15 is 0 Å². The maximum Gasteiger partial charge on any atom is 0.337 e. The quantitative estimate of drug-likeness (QED) is 0.785. The van der Waals surface area contributed by atoms with Crippen molar-refractivity contribution < 1.29 is 9.90 Å². The third-order valence-corrected chi connectivity index (χ3v) is 3.87. The zero-order chi connectivity index (χ0) is 14.7. The van der Waals surface area contributed by atoms with Gasteiger partial charge in [0.25, 0.3) is 0 Å². The van der Waals surface area contributed by atoms with Crippen molar-refractivity contribution in [1.82, 2.24) is 0 Å². The highest BCUT2D eigenvalue weighted by Gasteiger charge is 2.09. The standard InChI is InChI=1S/C14H10BrCl2NO2/c15-9-2-1-8(13(17)5-9)7-18-10-3-4-12(16)11(6-10)14(19)20/h1-6,18H,7H2,(H,19,20). The third kappa shape index (κ3) is 3.66. The Hall–Kier alpha value is -1.23. The summed E-state index contributed by atoms with van der Waals surface area (Å²) in [5.41, 5.74) is 1.66. The molecule has 0 aromatic heterocycles. The molecule has 2 rings (SSSR count). The molecule has 20 heavy (non-hydrogen) atoms. The average molecular weight is 375 g/mol. The van der Waals surface area contributed by atoms with Crippen LogP contribution in [0.15, 0.2) is 40.9 Å². The lowest BCUT2D eigenvalue weighted by atomic mass is 10.2. The van der Waals surface area contributed by atoms with Gasteiger partial charge in [0.2, 0.25) is 0 Å². The topological polar surface area (TPSA) is 49.3 Å². The lowest BCUT2D eigenvalue weighted by Crippen LogP contribution is -2.03. The summed E-state index contributed by atoms with van der Waals surface area (Å²) in [4.78, 5) is 11.0. The first-order valence-corrected chi connectivity index (χ1v) is 7.23. The van der Waals surface area contributed by atoms with Gasteiger partial charge in [0.05, 0.1) is 10.6 Å². The van der Waals surface area contributed by atoms with Crippen LogP contribution in [-0.4, -0.2) is 11.1 Å². The van der Waals surface area contributed by atoms with Gasteiger partial charge in [0.1, 0.15) is 0 Å². The van der Waals surface area contributed by atoms with Gasteiger partial charge in [0, 0.05) is 21.7 Å². The van der Waals surface area contributed by atoms with Crippen LogP contribution < -0.4 is 5.32 Å². The average Bonchev–Trinajstić information content (AvgIpc) is 2.39. The molecule has 0 bridgehead atoms. The van der Waals surface area contributed by atoms with Crippen LogP contribution in [0.5, 0.6) is 0 Å². The van der Waals surface area contributed by atoms with Gasteiger partial charge in [-0.1, -0.05) is 45.2 Å². The fourth-order valence-electron chi connectivity index (χ4n) is 1.66. The molecule has 0 aliphatic heterocycles. The zero-order valence-corrected chi connectivity index (χ0v) is 13.3. The summed E-state index contributed by atoms with van der Waals surface area (Å²) in [6.07, 6.45) is 0. The number of carboxylic acid groups (broad SMARTS) is 1. The van der Waals surface area contributed by atoms with Crippen LogP contribution in [0.25, 0.3) is 0 Å². The summed E-state index contributed by atoms with van der Waals surface area (Å²) in [5, 5.41) is 13.0. The van der Waals surface area contributed by atoms with Crippen molar-refractivity contribution >= 4 is 50.8 Å². The first-order valence-electron chi connectivity index (χ1n) is 5.68.